The van der Waals surface area contributed by atoms with Gasteiger partial charge in [-0.2, -0.15) is 18.3 Å². The van der Waals surface area contributed by atoms with E-state index in [1.165, 1.54) is 27.8 Å². The molecular formula is C21H18F3N5O2. The van der Waals surface area contributed by atoms with E-state index in [9.17, 15) is 22.8 Å². The highest BCUT2D eigenvalue weighted by molar-refractivity contribution is 5.97. The highest BCUT2D eigenvalue weighted by Gasteiger charge is 2.31. The van der Waals surface area contributed by atoms with Crippen molar-refractivity contribution in [2.45, 2.75) is 26.6 Å². The molecule has 3 heterocycles. The largest absolute Gasteiger partial charge is 0.416 e. The van der Waals surface area contributed by atoms with Gasteiger partial charge in [0.2, 0.25) is 0 Å². The number of aryl methyl sites for hydroxylation is 2. The molecule has 31 heavy (non-hydrogen) atoms. The minimum Gasteiger partial charge on any atom is -0.318 e. The number of benzene rings is 1. The van der Waals surface area contributed by atoms with Crippen molar-refractivity contribution in [1.29, 1.82) is 0 Å². The van der Waals surface area contributed by atoms with Gasteiger partial charge >= 0.3 is 6.18 Å². The predicted octanol–water partition coefficient (Wildman–Crippen LogP) is 3.44. The Morgan fingerprint density at radius 3 is 2.61 bits per heavy atom. The Labute approximate surface area is 174 Å². The topological polar surface area (TPSA) is 74.7 Å². The first-order chi connectivity index (χ1) is 14.6. The van der Waals surface area contributed by atoms with Crippen molar-refractivity contribution in [3.8, 4) is 5.69 Å². The van der Waals surface area contributed by atoms with Crippen molar-refractivity contribution in [3.05, 3.63) is 75.7 Å². The Bertz CT molecular complexity index is 1380. The number of hydrogen-bond acceptors (Lipinski definition) is 4. The van der Waals surface area contributed by atoms with Gasteiger partial charge in [-0.05, 0) is 38.1 Å². The maximum atomic E-state index is 13.1. The first-order valence-electron chi connectivity index (χ1n) is 9.35. The molecule has 0 bridgehead atoms. The Morgan fingerprint density at radius 2 is 1.90 bits per heavy atom. The zero-order valence-electron chi connectivity index (χ0n) is 16.9. The van der Waals surface area contributed by atoms with E-state index in [2.05, 4.69) is 10.1 Å². The van der Waals surface area contributed by atoms with E-state index in [-0.39, 0.29) is 12.3 Å². The number of Topliss-reactive ketones (excluding diaryl/α,β-unsaturated/α-hetero) is 1. The number of halogens is 3. The molecule has 0 saturated carbocycles. The number of carbonyl (C=O) groups is 1. The fourth-order valence-corrected chi connectivity index (χ4v) is 3.68. The van der Waals surface area contributed by atoms with E-state index < -0.39 is 17.3 Å². The summed E-state index contributed by atoms with van der Waals surface area (Å²) in [7, 11) is 1.66. The summed E-state index contributed by atoms with van der Waals surface area (Å²) in [5.41, 5.74) is 0.980. The molecule has 0 unspecified atom stereocenters. The summed E-state index contributed by atoms with van der Waals surface area (Å²) in [5.74, 6) is -0.349. The molecule has 0 atom stereocenters. The zero-order valence-corrected chi connectivity index (χ0v) is 16.9. The number of aromatic nitrogens is 5. The van der Waals surface area contributed by atoms with E-state index in [0.717, 1.165) is 12.1 Å². The molecule has 1 aromatic carbocycles. The molecular weight excluding hydrogens is 411 g/mol. The van der Waals surface area contributed by atoms with E-state index in [4.69, 9.17) is 0 Å². The second-order valence-corrected chi connectivity index (χ2v) is 7.27. The molecule has 0 fully saturated rings. The van der Waals surface area contributed by atoms with Crippen LogP contribution in [0.5, 0.6) is 0 Å². The number of nitrogens with zero attached hydrogens (tertiary/aromatic N) is 5. The normalized spacial score (nSPS) is 11.9. The lowest BCUT2D eigenvalue weighted by Crippen LogP contribution is -2.24. The fraction of sp³-hybridized carbons (Fsp3) is 0.238. The van der Waals surface area contributed by atoms with E-state index >= 15 is 0 Å². The van der Waals surface area contributed by atoms with Crippen LogP contribution in [-0.2, 0) is 19.8 Å². The van der Waals surface area contributed by atoms with Gasteiger partial charge in [-0.15, -0.1) is 0 Å². The molecule has 4 rings (SSSR count). The maximum Gasteiger partial charge on any atom is 0.416 e. The van der Waals surface area contributed by atoms with Crippen molar-refractivity contribution in [1.82, 2.24) is 23.9 Å². The number of ketones is 1. The van der Waals surface area contributed by atoms with Crippen LogP contribution in [0.4, 0.5) is 13.2 Å². The Hall–Kier alpha value is -3.69. The number of carbonyl (C=O) groups excluding carboxylic acids is 1. The lowest BCUT2D eigenvalue weighted by Gasteiger charge is -2.13. The molecule has 0 amide bonds. The minimum atomic E-state index is -4.47. The van der Waals surface area contributed by atoms with Gasteiger partial charge in [-0.3, -0.25) is 18.8 Å². The van der Waals surface area contributed by atoms with Crippen LogP contribution in [0.1, 0.15) is 27.3 Å². The van der Waals surface area contributed by atoms with Crippen molar-refractivity contribution in [3.63, 3.8) is 0 Å². The molecule has 0 aliphatic carbocycles. The SMILES string of the molecule is Cc1cc(C(=O)Cn2cnc3c(cnn3C)c2=O)c(C)n1-c1cccc(C(F)(F)F)c1. The van der Waals surface area contributed by atoms with Gasteiger partial charge in [-0.25, -0.2) is 4.98 Å². The lowest BCUT2D eigenvalue weighted by molar-refractivity contribution is -0.137. The van der Waals surface area contributed by atoms with Gasteiger partial charge in [0.1, 0.15) is 11.7 Å². The zero-order chi connectivity index (χ0) is 22.5. The minimum absolute atomic E-state index is 0.246. The van der Waals surface area contributed by atoms with E-state index in [1.54, 1.807) is 37.6 Å². The maximum absolute atomic E-state index is 13.1. The van der Waals surface area contributed by atoms with Crippen molar-refractivity contribution in [2.24, 2.45) is 7.05 Å². The summed E-state index contributed by atoms with van der Waals surface area (Å²) in [6.45, 7) is 3.12. The molecule has 160 valence electrons. The van der Waals surface area contributed by atoms with Crippen LogP contribution in [0, 0.1) is 13.8 Å². The van der Waals surface area contributed by atoms with Crippen LogP contribution >= 0.6 is 0 Å². The lowest BCUT2D eigenvalue weighted by atomic mass is 10.1. The molecule has 4 aromatic rings. The number of rotatable bonds is 4. The van der Waals surface area contributed by atoms with Gasteiger partial charge in [0.25, 0.3) is 5.56 Å². The standard InChI is InChI=1S/C21H18F3N5O2/c1-12-7-16(13(2)29(12)15-6-4-5-14(8-15)21(22,23)24)18(30)10-28-11-25-19-17(20(28)31)9-26-27(19)3/h4-9,11H,10H2,1-3H3. The summed E-state index contributed by atoms with van der Waals surface area (Å²) in [6, 6.07) is 6.52. The molecule has 0 spiro atoms. The predicted molar refractivity (Wildman–Crippen MR) is 107 cm³/mol. The average molecular weight is 429 g/mol. The second kappa shape index (κ2) is 7.22. The third kappa shape index (κ3) is 3.54. The summed E-state index contributed by atoms with van der Waals surface area (Å²) < 4.78 is 43.6. The van der Waals surface area contributed by atoms with Crippen LogP contribution in [0.15, 0.2) is 47.7 Å². The van der Waals surface area contributed by atoms with Crippen molar-refractivity contribution >= 4 is 16.8 Å². The summed E-state index contributed by atoms with van der Waals surface area (Å²) in [4.78, 5) is 29.7. The van der Waals surface area contributed by atoms with Crippen molar-refractivity contribution in [2.75, 3.05) is 0 Å². The summed E-state index contributed by atoms with van der Waals surface area (Å²) >= 11 is 0. The molecule has 10 heteroatoms. The van der Waals surface area contributed by atoms with Crippen LogP contribution in [0.25, 0.3) is 16.7 Å². The van der Waals surface area contributed by atoms with Crippen LogP contribution < -0.4 is 5.56 Å². The molecule has 0 N–H and O–H groups in total. The first-order valence-corrected chi connectivity index (χ1v) is 9.35. The Kier molecular flexibility index (Phi) is 4.79. The molecule has 0 radical (unpaired) electrons. The second-order valence-electron chi connectivity index (χ2n) is 7.27. The Balaban J connectivity index is 1.70. The van der Waals surface area contributed by atoms with Crippen LogP contribution in [-0.4, -0.2) is 29.7 Å². The summed E-state index contributed by atoms with van der Waals surface area (Å²) in [6.07, 6.45) is -1.79. The molecule has 0 aliphatic heterocycles. The fourth-order valence-electron chi connectivity index (χ4n) is 3.68. The molecule has 0 saturated heterocycles. The van der Waals surface area contributed by atoms with Crippen LogP contribution in [0.2, 0.25) is 0 Å². The van der Waals surface area contributed by atoms with Gasteiger partial charge in [0, 0.05) is 29.7 Å². The van der Waals surface area contributed by atoms with Gasteiger partial charge in [0.15, 0.2) is 11.4 Å². The third-order valence-corrected chi connectivity index (χ3v) is 5.20. The summed E-state index contributed by atoms with van der Waals surface area (Å²) in [5, 5.41) is 4.29. The van der Waals surface area contributed by atoms with E-state index in [0.29, 0.717) is 33.7 Å². The third-order valence-electron chi connectivity index (χ3n) is 5.20. The van der Waals surface area contributed by atoms with Crippen molar-refractivity contribution < 1.29 is 18.0 Å². The van der Waals surface area contributed by atoms with E-state index in [1.807, 2.05) is 0 Å². The highest BCUT2D eigenvalue weighted by Crippen LogP contribution is 2.31. The Morgan fingerprint density at radius 1 is 1.16 bits per heavy atom. The van der Waals surface area contributed by atoms with Crippen LogP contribution in [0.3, 0.4) is 0 Å². The molecule has 3 aromatic heterocycles. The first kappa shape index (κ1) is 20.6. The smallest absolute Gasteiger partial charge is 0.318 e. The monoisotopic (exact) mass is 429 g/mol. The van der Waals surface area contributed by atoms with Gasteiger partial charge in [-0.1, -0.05) is 6.07 Å². The number of hydrogen-bond donors (Lipinski definition) is 0. The average Bonchev–Trinajstić information content (AvgIpc) is 3.23. The van der Waals surface area contributed by atoms with Gasteiger partial charge < -0.3 is 4.57 Å². The molecule has 0 aliphatic rings. The number of alkyl halides is 3. The quantitative estimate of drug-likeness (QED) is 0.466. The number of fused-ring (bicyclic) bond motifs is 1. The highest BCUT2D eigenvalue weighted by atomic mass is 19.4. The van der Waals surface area contributed by atoms with Gasteiger partial charge in [0.05, 0.1) is 18.3 Å². The molecule has 7 nitrogen and oxygen atoms in total.